The predicted molar refractivity (Wildman–Crippen MR) is 77.9 cm³/mol. The molecule has 5 rings (SSSR count). The molecule has 0 heterocycles. The number of hydrogen-bond acceptors (Lipinski definition) is 1. The zero-order valence-corrected chi connectivity index (χ0v) is 12.0. The Morgan fingerprint density at radius 1 is 0.944 bits per heavy atom. The normalized spacial score (nSPS) is 41.3. The van der Waals surface area contributed by atoms with Crippen LogP contribution in [0.4, 0.5) is 0 Å². The fourth-order valence-electron chi connectivity index (χ4n) is 5.06. The molecule has 0 amide bonds. The zero-order valence-electron chi connectivity index (χ0n) is 11.2. The van der Waals surface area contributed by atoms with E-state index in [0.29, 0.717) is 4.75 Å². The van der Waals surface area contributed by atoms with Crippen molar-refractivity contribution in [2.75, 3.05) is 0 Å². The second-order valence-electron chi connectivity index (χ2n) is 6.97. The maximum atomic E-state index is 2.33. The zero-order chi connectivity index (χ0) is 12.2. The van der Waals surface area contributed by atoms with Crippen molar-refractivity contribution < 1.29 is 0 Å². The summed E-state index contributed by atoms with van der Waals surface area (Å²) in [5, 5.41) is 0. The third-order valence-corrected chi connectivity index (χ3v) is 7.01. The molecule has 4 aliphatic rings. The van der Waals surface area contributed by atoms with Gasteiger partial charge in [-0.15, -0.1) is 11.8 Å². The average Bonchev–Trinajstić information content (AvgIpc) is 2.30. The maximum Gasteiger partial charge on any atom is 0.0215 e. The van der Waals surface area contributed by atoms with Crippen LogP contribution < -0.4 is 0 Å². The van der Waals surface area contributed by atoms with E-state index < -0.39 is 0 Å². The minimum atomic E-state index is 0.612. The Hall–Kier alpha value is -0.430. The van der Waals surface area contributed by atoms with Gasteiger partial charge in [0.25, 0.3) is 0 Å². The lowest BCUT2D eigenvalue weighted by atomic mass is 9.56. The topological polar surface area (TPSA) is 0 Å². The second kappa shape index (κ2) is 4.03. The van der Waals surface area contributed by atoms with Crippen molar-refractivity contribution in [2.45, 2.75) is 55.1 Å². The van der Waals surface area contributed by atoms with Crippen molar-refractivity contribution in [3.63, 3.8) is 0 Å². The van der Waals surface area contributed by atoms with Crippen LogP contribution in [0.1, 0.15) is 44.1 Å². The second-order valence-corrected chi connectivity index (χ2v) is 8.48. The Kier molecular flexibility index (Phi) is 2.55. The summed E-state index contributed by atoms with van der Waals surface area (Å²) in [4.78, 5) is 1.54. The molecule has 0 spiro atoms. The fourth-order valence-corrected chi connectivity index (χ4v) is 6.86. The summed E-state index contributed by atoms with van der Waals surface area (Å²) in [6.45, 7) is 2.27. The first-order chi connectivity index (χ1) is 8.72. The van der Waals surface area contributed by atoms with Gasteiger partial charge in [0.05, 0.1) is 0 Å². The Labute approximate surface area is 115 Å². The third kappa shape index (κ3) is 1.82. The molecule has 18 heavy (non-hydrogen) atoms. The van der Waals surface area contributed by atoms with E-state index in [-0.39, 0.29) is 0 Å². The predicted octanol–water partition coefficient (Wildman–Crippen LogP) is 5.06. The van der Waals surface area contributed by atoms with Crippen molar-refractivity contribution >= 4 is 11.8 Å². The van der Waals surface area contributed by atoms with Crippen molar-refractivity contribution in [3.8, 4) is 0 Å². The van der Waals surface area contributed by atoms with E-state index in [1.54, 1.807) is 24.2 Å². The Balaban J connectivity index is 1.63. The number of aryl methyl sites for hydroxylation is 1. The van der Waals surface area contributed by atoms with Gasteiger partial charge in [-0.3, -0.25) is 0 Å². The van der Waals surface area contributed by atoms with E-state index in [9.17, 15) is 0 Å². The van der Waals surface area contributed by atoms with Gasteiger partial charge < -0.3 is 0 Å². The molecule has 0 atom stereocenters. The number of hydrogen-bond donors (Lipinski definition) is 0. The quantitative estimate of drug-likeness (QED) is 0.715. The van der Waals surface area contributed by atoms with Gasteiger partial charge in [0.1, 0.15) is 0 Å². The lowest BCUT2D eigenvalue weighted by Gasteiger charge is -2.56. The van der Waals surface area contributed by atoms with E-state index in [2.05, 4.69) is 43.0 Å². The van der Waals surface area contributed by atoms with Gasteiger partial charge in [0, 0.05) is 9.64 Å². The van der Waals surface area contributed by atoms with Crippen LogP contribution in [0.15, 0.2) is 29.2 Å². The Morgan fingerprint density at radius 2 is 1.50 bits per heavy atom. The molecule has 1 aromatic carbocycles. The lowest BCUT2D eigenvalue weighted by Crippen LogP contribution is -2.48. The molecule has 0 aromatic heterocycles. The standard InChI is InChI=1S/C17H22S/c1-12-4-2-3-5-16(12)18-17-9-13-6-14(10-17)8-15(7-13)11-17/h2-5,13-15H,6-11H2,1H3. The molecule has 4 aliphatic carbocycles. The number of thioether (sulfide) groups is 1. The Morgan fingerprint density at radius 3 is 2.06 bits per heavy atom. The highest BCUT2D eigenvalue weighted by Crippen LogP contribution is 2.62. The van der Waals surface area contributed by atoms with Crippen molar-refractivity contribution in [1.82, 2.24) is 0 Å². The van der Waals surface area contributed by atoms with Crippen LogP contribution in [-0.2, 0) is 0 Å². The van der Waals surface area contributed by atoms with Crippen molar-refractivity contribution in [1.29, 1.82) is 0 Å². The largest absolute Gasteiger partial charge is 0.119 e. The smallest absolute Gasteiger partial charge is 0.0215 e. The van der Waals surface area contributed by atoms with Crippen LogP contribution in [0.25, 0.3) is 0 Å². The van der Waals surface area contributed by atoms with Gasteiger partial charge in [-0.25, -0.2) is 0 Å². The van der Waals surface area contributed by atoms with Crippen LogP contribution in [0.5, 0.6) is 0 Å². The first kappa shape index (κ1) is 11.4. The van der Waals surface area contributed by atoms with Crippen LogP contribution in [-0.4, -0.2) is 4.75 Å². The highest BCUT2D eigenvalue weighted by atomic mass is 32.2. The molecule has 1 aromatic rings. The summed E-state index contributed by atoms with van der Waals surface area (Å²) in [5.74, 6) is 3.19. The molecule has 4 saturated carbocycles. The summed E-state index contributed by atoms with van der Waals surface area (Å²) in [7, 11) is 0. The first-order valence-corrected chi connectivity index (χ1v) is 8.29. The molecule has 1 heteroatoms. The van der Waals surface area contributed by atoms with Crippen LogP contribution in [0, 0.1) is 24.7 Å². The molecular formula is C17H22S. The van der Waals surface area contributed by atoms with Crippen LogP contribution in [0.3, 0.4) is 0 Å². The van der Waals surface area contributed by atoms with E-state index in [1.807, 2.05) is 0 Å². The molecule has 0 saturated heterocycles. The van der Waals surface area contributed by atoms with E-state index in [4.69, 9.17) is 0 Å². The molecule has 4 bridgehead atoms. The van der Waals surface area contributed by atoms with E-state index in [1.165, 1.54) is 24.8 Å². The Bertz CT molecular complexity index is 427. The van der Waals surface area contributed by atoms with Gasteiger partial charge in [-0.1, -0.05) is 18.2 Å². The summed E-state index contributed by atoms with van der Waals surface area (Å²) in [6, 6.07) is 8.97. The molecule has 96 valence electrons. The summed E-state index contributed by atoms with van der Waals surface area (Å²) in [6.07, 6.45) is 9.14. The molecule has 0 radical (unpaired) electrons. The molecule has 0 aliphatic heterocycles. The summed E-state index contributed by atoms with van der Waals surface area (Å²) >= 11 is 2.23. The molecule has 4 fully saturated rings. The van der Waals surface area contributed by atoms with Gasteiger partial charge in [0.2, 0.25) is 0 Å². The van der Waals surface area contributed by atoms with Crippen LogP contribution >= 0.6 is 11.8 Å². The highest BCUT2D eigenvalue weighted by molar-refractivity contribution is 8.00. The third-order valence-electron chi connectivity index (χ3n) is 5.40. The SMILES string of the molecule is Cc1ccccc1SC12CC3CC(CC(C3)C1)C2. The van der Waals surface area contributed by atoms with Gasteiger partial charge in [-0.05, 0) is 74.8 Å². The fraction of sp³-hybridized carbons (Fsp3) is 0.647. The van der Waals surface area contributed by atoms with E-state index >= 15 is 0 Å². The van der Waals surface area contributed by atoms with Crippen LogP contribution in [0.2, 0.25) is 0 Å². The highest BCUT2D eigenvalue weighted by Gasteiger charge is 2.51. The summed E-state index contributed by atoms with van der Waals surface area (Å²) < 4.78 is 0.612. The lowest BCUT2D eigenvalue weighted by molar-refractivity contribution is 0.0383. The molecule has 0 N–H and O–H groups in total. The first-order valence-electron chi connectivity index (χ1n) is 7.47. The molecule has 0 nitrogen and oxygen atoms in total. The number of rotatable bonds is 2. The number of benzene rings is 1. The monoisotopic (exact) mass is 258 g/mol. The van der Waals surface area contributed by atoms with Gasteiger partial charge in [-0.2, -0.15) is 0 Å². The van der Waals surface area contributed by atoms with Crippen molar-refractivity contribution in [3.05, 3.63) is 29.8 Å². The minimum Gasteiger partial charge on any atom is -0.119 e. The minimum absolute atomic E-state index is 0.612. The maximum absolute atomic E-state index is 2.33. The van der Waals surface area contributed by atoms with Gasteiger partial charge >= 0.3 is 0 Å². The average molecular weight is 258 g/mol. The van der Waals surface area contributed by atoms with Crippen molar-refractivity contribution in [2.24, 2.45) is 17.8 Å². The molecule has 0 unspecified atom stereocenters. The van der Waals surface area contributed by atoms with E-state index in [0.717, 1.165) is 17.8 Å². The molecular weight excluding hydrogens is 236 g/mol. The van der Waals surface area contributed by atoms with Gasteiger partial charge in [0.15, 0.2) is 0 Å². The summed E-state index contributed by atoms with van der Waals surface area (Å²) in [5.41, 5.74) is 1.47.